The number of pyridine rings is 1. The zero-order valence-corrected chi connectivity index (χ0v) is 18.2. The van der Waals surface area contributed by atoms with E-state index in [0.29, 0.717) is 37.7 Å². The molecule has 1 fully saturated rings. The number of benzene rings is 1. The summed E-state index contributed by atoms with van der Waals surface area (Å²) in [5.41, 5.74) is 0.831. The number of ether oxygens (including phenoxy) is 2. The van der Waals surface area contributed by atoms with Crippen molar-refractivity contribution in [2.45, 2.75) is 26.4 Å². The number of nitrogens with zero attached hydrogens (tertiary/aromatic N) is 3. The summed E-state index contributed by atoms with van der Waals surface area (Å²) in [7, 11) is 0. The number of carboxylic acids is 1. The first-order chi connectivity index (χ1) is 14.7. The van der Waals surface area contributed by atoms with Gasteiger partial charge in [0.05, 0.1) is 5.69 Å². The Morgan fingerprint density at radius 2 is 1.74 bits per heavy atom. The van der Waals surface area contributed by atoms with E-state index in [2.05, 4.69) is 9.88 Å². The molecule has 1 aliphatic heterocycles. The van der Waals surface area contributed by atoms with E-state index in [1.54, 1.807) is 11.0 Å². The molecule has 1 N–H and O–H groups in total. The highest BCUT2D eigenvalue weighted by Gasteiger charge is 2.25. The van der Waals surface area contributed by atoms with Gasteiger partial charge in [-0.1, -0.05) is 30.3 Å². The smallest absolute Gasteiger partial charge is 0.410 e. The van der Waals surface area contributed by atoms with E-state index in [4.69, 9.17) is 9.47 Å². The summed E-state index contributed by atoms with van der Waals surface area (Å²) in [6.07, 6.45) is -0.283. The number of piperazine rings is 1. The monoisotopic (exact) mass is 427 g/mol. The molecule has 0 bridgehead atoms. The fraction of sp³-hybridized carbons (Fsp3) is 0.435. The third-order valence-corrected chi connectivity index (χ3v) is 4.79. The molecule has 0 saturated carbocycles. The highest BCUT2D eigenvalue weighted by atomic mass is 16.6. The minimum absolute atomic E-state index is 0.0534. The van der Waals surface area contributed by atoms with Crippen LogP contribution >= 0.6 is 0 Å². The molecule has 0 radical (unpaired) electrons. The van der Waals surface area contributed by atoms with Gasteiger partial charge in [0.1, 0.15) is 18.0 Å². The third-order valence-electron chi connectivity index (χ3n) is 4.79. The number of hydrogen-bond donors (Lipinski definition) is 1. The second kappa shape index (κ2) is 9.78. The van der Waals surface area contributed by atoms with E-state index in [-0.39, 0.29) is 11.8 Å². The Hall–Kier alpha value is -3.13. The number of aromatic nitrogens is 1. The van der Waals surface area contributed by atoms with Crippen molar-refractivity contribution in [1.82, 2.24) is 14.8 Å². The lowest BCUT2D eigenvalue weighted by Crippen LogP contribution is -2.50. The first-order valence-electron chi connectivity index (χ1n) is 10.4. The van der Waals surface area contributed by atoms with Gasteiger partial charge in [-0.05, 0) is 20.8 Å². The Bertz CT molecular complexity index is 903. The summed E-state index contributed by atoms with van der Waals surface area (Å²) in [6.45, 7) is 9.32. The molecule has 8 nitrogen and oxygen atoms in total. The topological polar surface area (TPSA) is 92.2 Å². The molecule has 3 rings (SSSR count). The lowest BCUT2D eigenvalue weighted by molar-refractivity contribution is 0.0136. The molecule has 2 heterocycles. The highest BCUT2D eigenvalue weighted by Crippen LogP contribution is 2.23. The number of amides is 1. The Balaban J connectivity index is 1.53. The van der Waals surface area contributed by atoms with Gasteiger partial charge in [-0.25, -0.2) is 14.6 Å². The molecular formula is C23H29N3O5. The van der Waals surface area contributed by atoms with E-state index in [1.807, 2.05) is 51.1 Å². The van der Waals surface area contributed by atoms with Crippen LogP contribution in [-0.4, -0.2) is 76.9 Å². The SMILES string of the molecule is CC(C)(C)OC(=O)N1CCN(CCOc2cc(C(=O)O)nc(-c3ccccc3)c2)CC1. The van der Waals surface area contributed by atoms with Gasteiger partial charge in [-0.3, -0.25) is 4.90 Å². The molecule has 0 unspecified atom stereocenters. The van der Waals surface area contributed by atoms with Crippen LogP contribution < -0.4 is 4.74 Å². The van der Waals surface area contributed by atoms with Gasteiger partial charge < -0.3 is 19.5 Å². The van der Waals surface area contributed by atoms with Gasteiger partial charge in [0.2, 0.25) is 0 Å². The fourth-order valence-electron chi connectivity index (χ4n) is 3.23. The molecule has 2 aromatic rings. The minimum Gasteiger partial charge on any atom is -0.492 e. The first-order valence-corrected chi connectivity index (χ1v) is 10.4. The van der Waals surface area contributed by atoms with Crippen molar-refractivity contribution < 1.29 is 24.2 Å². The van der Waals surface area contributed by atoms with Crippen molar-refractivity contribution in [2.24, 2.45) is 0 Å². The highest BCUT2D eigenvalue weighted by molar-refractivity contribution is 5.86. The maximum atomic E-state index is 12.2. The largest absolute Gasteiger partial charge is 0.492 e. The third kappa shape index (κ3) is 6.68. The van der Waals surface area contributed by atoms with Crippen LogP contribution in [0.15, 0.2) is 42.5 Å². The van der Waals surface area contributed by atoms with E-state index >= 15 is 0 Å². The Labute approximate surface area is 182 Å². The minimum atomic E-state index is -1.10. The van der Waals surface area contributed by atoms with Crippen molar-refractivity contribution in [2.75, 3.05) is 39.3 Å². The second-order valence-corrected chi connectivity index (χ2v) is 8.40. The molecule has 0 spiro atoms. The van der Waals surface area contributed by atoms with Crippen LogP contribution in [0.3, 0.4) is 0 Å². The summed E-state index contributed by atoms with van der Waals surface area (Å²) in [5, 5.41) is 9.38. The van der Waals surface area contributed by atoms with Crippen molar-refractivity contribution in [3.8, 4) is 17.0 Å². The number of aromatic carboxylic acids is 1. The molecule has 0 atom stereocenters. The molecule has 1 aliphatic rings. The molecule has 1 aromatic heterocycles. The predicted octanol–water partition coefficient (Wildman–Crippen LogP) is 3.38. The molecule has 1 saturated heterocycles. The van der Waals surface area contributed by atoms with E-state index in [1.165, 1.54) is 6.07 Å². The van der Waals surface area contributed by atoms with Crippen molar-refractivity contribution >= 4 is 12.1 Å². The lowest BCUT2D eigenvalue weighted by atomic mass is 10.1. The van der Waals surface area contributed by atoms with E-state index < -0.39 is 11.6 Å². The molecule has 0 aliphatic carbocycles. The van der Waals surface area contributed by atoms with Crippen molar-refractivity contribution in [3.63, 3.8) is 0 Å². The van der Waals surface area contributed by atoms with Gasteiger partial charge in [-0.15, -0.1) is 0 Å². The Kier molecular flexibility index (Phi) is 7.12. The van der Waals surface area contributed by atoms with Crippen molar-refractivity contribution in [1.29, 1.82) is 0 Å². The average molecular weight is 428 g/mol. The standard InChI is InChI=1S/C23H29N3O5/c1-23(2,3)31-22(29)26-11-9-25(10-12-26)13-14-30-18-15-19(17-7-5-4-6-8-17)24-20(16-18)21(27)28/h4-8,15-16H,9-14H2,1-3H3,(H,27,28). The van der Waals surface area contributed by atoms with Crippen LogP contribution in [0.1, 0.15) is 31.3 Å². The molecular weight excluding hydrogens is 398 g/mol. The zero-order valence-electron chi connectivity index (χ0n) is 18.2. The summed E-state index contributed by atoms with van der Waals surface area (Å²) < 4.78 is 11.3. The van der Waals surface area contributed by atoms with Crippen molar-refractivity contribution in [3.05, 3.63) is 48.2 Å². The van der Waals surface area contributed by atoms with Crippen LogP contribution in [0.5, 0.6) is 5.75 Å². The number of hydrogen-bond acceptors (Lipinski definition) is 6. The van der Waals surface area contributed by atoms with Crippen LogP contribution in [0, 0.1) is 0 Å². The van der Waals surface area contributed by atoms with Crippen LogP contribution in [-0.2, 0) is 4.74 Å². The number of carbonyl (C=O) groups excluding carboxylic acids is 1. The molecule has 8 heteroatoms. The molecule has 166 valence electrons. The van der Waals surface area contributed by atoms with E-state index in [0.717, 1.165) is 18.7 Å². The summed E-state index contributed by atoms with van der Waals surface area (Å²) in [6, 6.07) is 12.6. The van der Waals surface area contributed by atoms with E-state index in [9.17, 15) is 14.7 Å². The summed E-state index contributed by atoms with van der Waals surface area (Å²) in [5.74, 6) is -0.625. The Morgan fingerprint density at radius 3 is 2.35 bits per heavy atom. The normalized spacial score (nSPS) is 14.9. The first kappa shape index (κ1) is 22.6. The van der Waals surface area contributed by atoms with Gasteiger partial charge in [0.15, 0.2) is 5.69 Å². The maximum absolute atomic E-state index is 12.2. The number of rotatable bonds is 6. The van der Waals surface area contributed by atoms with Crippen LogP contribution in [0.25, 0.3) is 11.3 Å². The molecule has 1 amide bonds. The Morgan fingerprint density at radius 1 is 1.06 bits per heavy atom. The fourth-order valence-corrected chi connectivity index (χ4v) is 3.23. The zero-order chi connectivity index (χ0) is 22.4. The van der Waals surface area contributed by atoms with Crippen LogP contribution in [0.2, 0.25) is 0 Å². The molecule has 31 heavy (non-hydrogen) atoms. The average Bonchev–Trinajstić information content (AvgIpc) is 2.73. The summed E-state index contributed by atoms with van der Waals surface area (Å²) >= 11 is 0. The number of carboxylic acid groups (broad SMARTS) is 1. The summed E-state index contributed by atoms with van der Waals surface area (Å²) in [4.78, 5) is 31.8. The van der Waals surface area contributed by atoms with Gasteiger partial charge in [0.25, 0.3) is 0 Å². The quantitative estimate of drug-likeness (QED) is 0.755. The maximum Gasteiger partial charge on any atom is 0.410 e. The van der Waals surface area contributed by atoms with Gasteiger partial charge in [0, 0.05) is 50.4 Å². The molecule has 1 aromatic carbocycles. The van der Waals surface area contributed by atoms with Gasteiger partial charge >= 0.3 is 12.1 Å². The predicted molar refractivity (Wildman–Crippen MR) is 116 cm³/mol. The lowest BCUT2D eigenvalue weighted by Gasteiger charge is -2.35. The second-order valence-electron chi connectivity index (χ2n) is 8.40. The van der Waals surface area contributed by atoms with Crippen LogP contribution in [0.4, 0.5) is 4.79 Å². The van der Waals surface area contributed by atoms with Gasteiger partial charge in [-0.2, -0.15) is 0 Å². The number of carbonyl (C=O) groups is 2.